The Hall–Kier alpha value is -2.30. The molecule has 0 radical (unpaired) electrons. The molecular formula is C17H21N3O2. The number of carbonyl (C=O) groups is 1. The van der Waals surface area contributed by atoms with Crippen molar-refractivity contribution in [3.05, 3.63) is 51.7 Å². The monoisotopic (exact) mass is 299 g/mol. The number of aromatic amines is 1. The van der Waals surface area contributed by atoms with E-state index in [9.17, 15) is 9.59 Å². The fraction of sp³-hybridized carbons (Fsp3) is 0.412. The summed E-state index contributed by atoms with van der Waals surface area (Å²) in [6, 6.07) is 8.21. The number of rotatable bonds is 3. The van der Waals surface area contributed by atoms with Crippen LogP contribution in [0.4, 0.5) is 5.69 Å². The van der Waals surface area contributed by atoms with Crippen molar-refractivity contribution in [1.29, 1.82) is 0 Å². The standard InChI is InChI=1S/C17H21N3O2/c1-11-10-14-6-4-5-7-15(14)20(11)16(21)8-9-19-13(3)12(2)18-17(19)22/h4-7,11H,8-10H2,1-3H3,(H,18,22). The number of benzene rings is 1. The third-order valence-electron chi connectivity index (χ3n) is 4.51. The van der Waals surface area contributed by atoms with Crippen LogP contribution in [0.1, 0.15) is 30.3 Å². The van der Waals surface area contributed by atoms with E-state index in [0.29, 0.717) is 13.0 Å². The van der Waals surface area contributed by atoms with Gasteiger partial charge >= 0.3 is 5.69 Å². The third kappa shape index (κ3) is 2.36. The fourth-order valence-corrected chi connectivity index (χ4v) is 3.22. The summed E-state index contributed by atoms with van der Waals surface area (Å²) in [6.07, 6.45) is 1.22. The number of nitrogens with one attached hydrogen (secondary N) is 1. The molecule has 1 amide bonds. The van der Waals surface area contributed by atoms with Crippen LogP contribution in [0.5, 0.6) is 0 Å². The van der Waals surface area contributed by atoms with Gasteiger partial charge in [-0.25, -0.2) is 4.79 Å². The first-order chi connectivity index (χ1) is 10.5. The molecule has 5 heteroatoms. The Balaban J connectivity index is 1.77. The molecule has 1 aromatic carbocycles. The maximum absolute atomic E-state index is 12.6. The minimum atomic E-state index is -0.141. The quantitative estimate of drug-likeness (QED) is 0.944. The van der Waals surface area contributed by atoms with Gasteiger partial charge in [-0.2, -0.15) is 0 Å². The molecule has 22 heavy (non-hydrogen) atoms. The first kappa shape index (κ1) is 14.6. The highest BCUT2D eigenvalue weighted by molar-refractivity contribution is 5.96. The van der Waals surface area contributed by atoms with Gasteiger partial charge in [-0.05, 0) is 38.8 Å². The van der Waals surface area contributed by atoms with Gasteiger partial charge in [-0.1, -0.05) is 18.2 Å². The fourth-order valence-electron chi connectivity index (χ4n) is 3.22. The molecule has 1 unspecified atom stereocenters. The van der Waals surface area contributed by atoms with Crippen LogP contribution in [0.15, 0.2) is 29.1 Å². The zero-order valence-electron chi connectivity index (χ0n) is 13.2. The number of carbonyl (C=O) groups excluding carboxylic acids is 1. The molecule has 0 spiro atoms. The average molecular weight is 299 g/mol. The van der Waals surface area contributed by atoms with Crippen LogP contribution in [0.25, 0.3) is 0 Å². The van der Waals surface area contributed by atoms with Gasteiger partial charge in [0.05, 0.1) is 0 Å². The van der Waals surface area contributed by atoms with Gasteiger partial charge in [0.15, 0.2) is 0 Å². The number of aromatic nitrogens is 2. The minimum Gasteiger partial charge on any atom is -0.310 e. The molecule has 0 aliphatic carbocycles. The van der Waals surface area contributed by atoms with Gasteiger partial charge in [-0.3, -0.25) is 9.36 Å². The van der Waals surface area contributed by atoms with Crippen molar-refractivity contribution in [3.8, 4) is 0 Å². The van der Waals surface area contributed by atoms with Crippen molar-refractivity contribution >= 4 is 11.6 Å². The van der Waals surface area contributed by atoms with Crippen molar-refractivity contribution in [2.24, 2.45) is 0 Å². The molecule has 1 aliphatic heterocycles. The van der Waals surface area contributed by atoms with Crippen LogP contribution in [0, 0.1) is 13.8 Å². The van der Waals surface area contributed by atoms with Crippen LogP contribution in [0.2, 0.25) is 0 Å². The van der Waals surface area contributed by atoms with Crippen molar-refractivity contribution < 1.29 is 4.79 Å². The van der Waals surface area contributed by atoms with Crippen molar-refractivity contribution in [2.45, 2.75) is 46.2 Å². The molecule has 116 valence electrons. The Kier molecular flexibility index (Phi) is 3.64. The molecule has 0 bridgehead atoms. The highest BCUT2D eigenvalue weighted by Gasteiger charge is 2.30. The number of hydrogen-bond donors (Lipinski definition) is 1. The lowest BCUT2D eigenvalue weighted by Crippen LogP contribution is -2.36. The Bertz CT molecular complexity index is 772. The number of imidazole rings is 1. The normalized spacial score (nSPS) is 16.9. The van der Waals surface area contributed by atoms with Crippen molar-refractivity contribution in [1.82, 2.24) is 9.55 Å². The van der Waals surface area contributed by atoms with Crippen LogP contribution in [-0.4, -0.2) is 21.5 Å². The maximum atomic E-state index is 12.6. The Morgan fingerprint density at radius 3 is 2.73 bits per heavy atom. The van der Waals surface area contributed by atoms with Crippen molar-refractivity contribution in [2.75, 3.05) is 4.90 Å². The molecule has 1 aliphatic rings. The summed E-state index contributed by atoms with van der Waals surface area (Å²) in [6.45, 7) is 6.24. The second-order valence-corrected chi connectivity index (χ2v) is 5.99. The largest absolute Gasteiger partial charge is 0.325 e. The first-order valence-electron chi connectivity index (χ1n) is 7.65. The number of fused-ring (bicyclic) bond motifs is 1. The summed E-state index contributed by atoms with van der Waals surface area (Å²) in [5.74, 6) is 0.0719. The highest BCUT2D eigenvalue weighted by atomic mass is 16.2. The zero-order chi connectivity index (χ0) is 15.9. The van der Waals surface area contributed by atoms with E-state index in [1.165, 1.54) is 5.56 Å². The molecule has 1 aromatic heterocycles. The summed E-state index contributed by atoms with van der Waals surface area (Å²) in [5, 5.41) is 0. The first-order valence-corrected chi connectivity index (χ1v) is 7.65. The topological polar surface area (TPSA) is 58.1 Å². The molecule has 0 saturated heterocycles. The van der Waals surface area contributed by atoms with E-state index in [1.54, 1.807) is 4.57 Å². The van der Waals surface area contributed by atoms with E-state index in [4.69, 9.17) is 0 Å². The summed E-state index contributed by atoms with van der Waals surface area (Å²) in [5.41, 5.74) is 3.84. The number of aryl methyl sites for hydroxylation is 1. The highest BCUT2D eigenvalue weighted by Crippen LogP contribution is 2.32. The lowest BCUT2D eigenvalue weighted by molar-refractivity contribution is -0.119. The number of para-hydroxylation sites is 1. The summed E-state index contributed by atoms with van der Waals surface area (Å²) in [4.78, 5) is 29.1. The third-order valence-corrected chi connectivity index (χ3v) is 4.51. The lowest BCUT2D eigenvalue weighted by Gasteiger charge is -2.23. The number of nitrogens with zero attached hydrogens (tertiary/aromatic N) is 2. The van der Waals surface area contributed by atoms with Gasteiger partial charge in [-0.15, -0.1) is 0 Å². The predicted octanol–water partition coefficient (Wildman–Crippen LogP) is 2.16. The second kappa shape index (κ2) is 5.48. The van der Waals surface area contributed by atoms with E-state index < -0.39 is 0 Å². The Labute approximate surface area is 129 Å². The number of amides is 1. The van der Waals surface area contributed by atoms with E-state index in [1.807, 2.05) is 36.9 Å². The lowest BCUT2D eigenvalue weighted by atomic mass is 10.1. The summed E-state index contributed by atoms with van der Waals surface area (Å²) in [7, 11) is 0. The van der Waals surface area contributed by atoms with Gasteiger partial charge in [0.25, 0.3) is 0 Å². The van der Waals surface area contributed by atoms with Gasteiger partial charge in [0.2, 0.25) is 5.91 Å². The Morgan fingerprint density at radius 2 is 2.05 bits per heavy atom. The van der Waals surface area contributed by atoms with E-state index >= 15 is 0 Å². The second-order valence-electron chi connectivity index (χ2n) is 5.99. The van der Waals surface area contributed by atoms with Crippen molar-refractivity contribution in [3.63, 3.8) is 0 Å². The van der Waals surface area contributed by atoms with E-state index in [2.05, 4.69) is 18.0 Å². The van der Waals surface area contributed by atoms with Gasteiger partial charge < -0.3 is 9.88 Å². The summed E-state index contributed by atoms with van der Waals surface area (Å²) < 4.78 is 1.64. The van der Waals surface area contributed by atoms with Crippen LogP contribution >= 0.6 is 0 Å². The molecule has 2 heterocycles. The number of hydrogen-bond acceptors (Lipinski definition) is 2. The molecule has 3 rings (SSSR count). The summed E-state index contributed by atoms with van der Waals surface area (Å²) >= 11 is 0. The van der Waals surface area contributed by atoms with Crippen LogP contribution in [0.3, 0.4) is 0 Å². The maximum Gasteiger partial charge on any atom is 0.325 e. The molecule has 2 aromatic rings. The van der Waals surface area contributed by atoms with Crippen LogP contribution < -0.4 is 10.6 Å². The molecule has 0 fully saturated rings. The van der Waals surface area contributed by atoms with Gasteiger partial charge in [0.1, 0.15) is 0 Å². The molecule has 0 saturated carbocycles. The molecule has 1 N–H and O–H groups in total. The number of H-pyrrole nitrogens is 1. The molecule has 5 nitrogen and oxygen atoms in total. The number of anilines is 1. The smallest absolute Gasteiger partial charge is 0.310 e. The van der Waals surface area contributed by atoms with E-state index in [-0.39, 0.29) is 17.6 Å². The SMILES string of the molecule is Cc1[nH]c(=O)n(CCC(=O)N2c3ccccc3CC2C)c1C. The van der Waals surface area contributed by atoms with Gasteiger partial charge in [0, 0.05) is 36.1 Å². The Morgan fingerprint density at radius 1 is 1.32 bits per heavy atom. The average Bonchev–Trinajstić information content (AvgIpc) is 2.93. The minimum absolute atomic E-state index is 0.0719. The molecule has 1 atom stereocenters. The predicted molar refractivity (Wildman–Crippen MR) is 86.2 cm³/mol. The van der Waals surface area contributed by atoms with E-state index in [0.717, 1.165) is 23.5 Å². The molecular weight excluding hydrogens is 278 g/mol. The van der Waals surface area contributed by atoms with Crippen LogP contribution in [-0.2, 0) is 17.8 Å². The zero-order valence-corrected chi connectivity index (χ0v) is 13.2.